The van der Waals surface area contributed by atoms with Gasteiger partial charge in [-0.05, 0) is 25.1 Å². The predicted molar refractivity (Wildman–Crippen MR) is 74.5 cm³/mol. The van der Waals surface area contributed by atoms with E-state index in [0.717, 1.165) is 11.1 Å². The first-order valence-corrected chi connectivity index (χ1v) is 6.83. The van der Waals surface area contributed by atoms with Gasteiger partial charge in [0.25, 0.3) is 11.8 Å². The van der Waals surface area contributed by atoms with E-state index in [0.29, 0.717) is 5.69 Å². The van der Waals surface area contributed by atoms with Crippen molar-refractivity contribution in [2.45, 2.75) is 6.92 Å². The highest BCUT2D eigenvalue weighted by Crippen LogP contribution is 2.21. The first kappa shape index (κ1) is 13.4. The molecule has 0 fully saturated rings. The van der Waals surface area contributed by atoms with Gasteiger partial charge in [-0.25, -0.2) is 9.37 Å². The van der Waals surface area contributed by atoms with Gasteiger partial charge in [0, 0.05) is 10.9 Å². The monoisotopic (exact) mass is 304 g/mol. The first-order valence-electron chi connectivity index (χ1n) is 5.95. The van der Waals surface area contributed by atoms with Crippen molar-refractivity contribution in [1.29, 1.82) is 0 Å². The quantitative estimate of drug-likeness (QED) is 0.804. The van der Waals surface area contributed by atoms with Gasteiger partial charge in [-0.2, -0.15) is 0 Å². The van der Waals surface area contributed by atoms with Crippen LogP contribution in [0.5, 0.6) is 0 Å². The average molecular weight is 304 g/mol. The average Bonchev–Trinajstić information content (AvgIpc) is 3.07. The Morgan fingerprint density at radius 1 is 1.38 bits per heavy atom. The summed E-state index contributed by atoms with van der Waals surface area (Å²) in [5.74, 6) is -0.806. The number of benzene rings is 1. The molecule has 0 bridgehead atoms. The van der Waals surface area contributed by atoms with Crippen LogP contribution in [-0.4, -0.2) is 21.1 Å². The van der Waals surface area contributed by atoms with Crippen LogP contribution in [0, 0.1) is 12.7 Å². The number of nitrogens with zero attached hydrogens (tertiary/aromatic N) is 3. The molecule has 1 aromatic carbocycles. The lowest BCUT2D eigenvalue weighted by Crippen LogP contribution is -2.12. The molecule has 0 aliphatic carbocycles. The Hall–Kier alpha value is -2.61. The Balaban J connectivity index is 1.77. The summed E-state index contributed by atoms with van der Waals surface area (Å²) in [6, 6.07) is 5.24. The summed E-state index contributed by atoms with van der Waals surface area (Å²) in [5, 5.41) is 12.6. The fraction of sp³-hybridized carbons (Fsp3) is 0.0769. The molecule has 3 rings (SSSR count). The number of anilines is 1. The van der Waals surface area contributed by atoms with E-state index in [1.54, 1.807) is 5.38 Å². The number of rotatable bonds is 3. The Kier molecular flexibility index (Phi) is 3.44. The molecule has 0 aliphatic rings. The van der Waals surface area contributed by atoms with Crippen molar-refractivity contribution in [3.63, 3.8) is 0 Å². The zero-order chi connectivity index (χ0) is 14.8. The van der Waals surface area contributed by atoms with Crippen LogP contribution in [-0.2, 0) is 0 Å². The maximum absolute atomic E-state index is 13.1. The van der Waals surface area contributed by atoms with E-state index in [1.165, 1.54) is 29.5 Å². The lowest BCUT2D eigenvalue weighted by Gasteiger charge is -1.99. The van der Waals surface area contributed by atoms with Crippen LogP contribution in [0.4, 0.5) is 10.4 Å². The second kappa shape index (κ2) is 5.41. The summed E-state index contributed by atoms with van der Waals surface area (Å²) in [6.07, 6.45) is 0. The van der Waals surface area contributed by atoms with Gasteiger partial charge in [-0.3, -0.25) is 10.1 Å². The highest BCUT2D eigenvalue weighted by molar-refractivity contribution is 7.09. The third-order valence-electron chi connectivity index (χ3n) is 2.57. The number of nitrogens with one attached hydrogen (secondary N) is 1. The molecule has 0 aliphatic heterocycles. The fourth-order valence-electron chi connectivity index (χ4n) is 1.64. The van der Waals surface area contributed by atoms with Gasteiger partial charge in [0.2, 0.25) is 0 Å². The SMILES string of the molecule is Cc1nc(-c2nnc(NC(=O)c3cccc(F)c3)o2)cs1. The first-order chi connectivity index (χ1) is 10.1. The van der Waals surface area contributed by atoms with E-state index in [2.05, 4.69) is 20.5 Å². The molecule has 2 heterocycles. The molecule has 0 radical (unpaired) electrons. The molecular formula is C13H9FN4O2S. The van der Waals surface area contributed by atoms with Gasteiger partial charge in [0.1, 0.15) is 11.5 Å². The van der Waals surface area contributed by atoms with Crippen molar-refractivity contribution in [3.8, 4) is 11.6 Å². The van der Waals surface area contributed by atoms with E-state index in [-0.39, 0.29) is 17.5 Å². The summed E-state index contributed by atoms with van der Waals surface area (Å²) in [7, 11) is 0. The molecule has 0 unspecified atom stereocenters. The molecule has 1 N–H and O–H groups in total. The van der Waals surface area contributed by atoms with Crippen LogP contribution in [0.25, 0.3) is 11.6 Å². The Morgan fingerprint density at radius 2 is 2.24 bits per heavy atom. The van der Waals surface area contributed by atoms with Crippen LogP contribution >= 0.6 is 11.3 Å². The van der Waals surface area contributed by atoms with Gasteiger partial charge in [0.15, 0.2) is 0 Å². The molecule has 106 valence electrons. The zero-order valence-electron chi connectivity index (χ0n) is 10.8. The van der Waals surface area contributed by atoms with E-state index < -0.39 is 11.7 Å². The minimum Gasteiger partial charge on any atom is -0.401 e. The van der Waals surface area contributed by atoms with Crippen LogP contribution in [0.2, 0.25) is 0 Å². The molecule has 0 saturated heterocycles. The molecule has 0 atom stereocenters. The molecular weight excluding hydrogens is 295 g/mol. The van der Waals surface area contributed by atoms with Crippen LogP contribution < -0.4 is 5.32 Å². The number of amides is 1. The minimum absolute atomic E-state index is 0.0649. The van der Waals surface area contributed by atoms with E-state index >= 15 is 0 Å². The second-order valence-corrected chi connectivity index (χ2v) is 5.19. The maximum atomic E-state index is 13.1. The molecule has 6 nitrogen and oxygen atoms in total. The Labute approximate surface area is 122 Å². The number of aryl methyl sites for hydroxylation is 1. The number of thiazole rings is 1. The van der Waals surface area contributed by atoms with E-state index in [4.69, 9.17) is 4.42 Å². The maximum Gasteiger partial charge on any atom is 0.322 e. The minimum atomic E-state index is -0.529. The topological polar surface area (TPSA) is 80.9 Å². The van der Waals surface area contributed by atoms with Gasteiger partial charge < -0.3 is 4.42 Å². The summed E-state index contributed by atoms with van der Waals surface area (Å²) in [4.78, 5) is 16.1. The van der Waals surface area contributed by atoms with E-state index in [1.807, 2.05) is 6.92 Å². The molecule has 0 spiro atoms. The number of carbonyl (C=O) groups is 1. The number of hydrogen-bond donors (Lipinski definition) is 1. The van der Waals surface area contributed by atoms with Crippen molar-refractivity contribution in [1.82, 2.24) is 15.2 Å². The number of hydrogen-bond acceptors (Lipinski definition) is 6. The van der Waals surface area contributed by atoms with Crippen LogP contribution in [0.1, 0.15) is 15.4 Å². The fourth-order valence-corrected chi connectivity index (χ4v) is 2.22. The summed E-state index contributed by atoms with van der Waals surface area (Å²) in [5.41, 5.74) is 0.718. The summed E-state index contributed by atoms with van der Waals surface area (Å²) in [6.45, 7) is 1.86. The molecule has 21 heavy (non-hydrogen) atoms. The lowest BCUT2D eigenvalue weighted by atomic mass is 10.2. The highest BCUT2D eigenvalue weighted by Gasteiger charge is 2.14. The van der Waals surface area contributed by atoms with Crippen molar-refractivity contribution < 1.29 is 13.6 Å². The largest absolute Gasteiger partial charge is 0.401 e. The van der Waals surface area contributed by atoms with Gasteiger partial charge >= 0.3 is 6.01 Å². The zero-order valence-corrected chi connectivity index (χ0v) is 11.6. The van der Waals surface area contributed by atoms with Gasteiger partial charge in [0.05, 0.1) is 5.01 Å². The van der Waals surface area contributed by atoms with Crippen LogP contribution in [0.3, 0.4) is 0 Å². The van der Waals surface area contributed by atoms with Crippen molar-refractivity contribution in [2.24, 2.45) is 0 Å². The molecule has 8 heteroatoms. The van der Waals surface area contributed by atoms with Crippen molar-refractivity contribution in [2.75, 3.05) is 5.32 Å². The summed E-state index contributed by atoms with van der Waals surface area (Å²) >= 11 is 1.45. The molecule has 2 aromatic heterocycles. The number of aromatic nitrogens is 3. The standard InChI is InChI=1S/C13H9FN4O2S/c1-7-15-10(6-21-7)12-17-18-13(20-12)16-11(19)8-3-2-4-9(14)5-8/h2-6H,1H3,(H,16,18,19). The number of carbonyl (C=O) groups excluding carboxylic acids is 1. The smallest absolute Gasteiger partial charge is 0.322 e. The van der Waals surface area contributed by atoms with Crippen molar-refractivity contribution >= 4 is 23.3 Å². The number of halogens is 1. The third-order valence-corrected chi connectivity index (χ3v) is 3.34. The van der Waals surface area contributed by atoms with Gasteiger partial charge in [-0.1, -0.05) is 11.2 Å². The normalized spacial score (nSPS) is 10.6. The Morgan fingerprint density at radius 3 is 2.95 bits per heavy atom. The van der Waals surface area contributed by atoms with Crippen LogP contribution in [0.15, 0.2) is 34.1 Å². The highest BCUT2D eigenvalue weighted by atomic mass is 32.1. The summed E-state index contributed by atoms with van der Waals surface area (Å²) < 4.78 is 18.4. The van der Waals surface area contributed by atoms with Crippen molar-refractivity contribution in [3.05, 3.63) is 46.0 Å². The molecule has 1 amide bonds. The van der Waals surface area contributed by atoms with E-state index in [9.17, 15) is 9.18 Å². The van der Waals surface area contributed by atoms with Gasteiger partial charge in [-0.15, -0.1) is 16.4 Å². The Bertz CT molecular complexity index is 799. The lowest BCUT2D eigenvalue weighted by molar-refractivity contribution is 0.102. The molecule has 0 saturated carbocycles. The second-order valence-electron chi connectivity index (χ2n) is 4.13. The molecule has 3 aromatic rings. The predicted octanol–water partition coefficient (Wildman–Crippen LogP) is 2.89. The third kappa shape index (κ3) is 2.95.